The number of benzene rings is 1. The standard InChI is InChI=1S/C22H27NO4/c1-15-10-18(15)19-5-3-17(27-19)12-23-13-22(6-8-24-9-7-22)16-2-4-20-21(11-16)26-14-25-20/h2-5,11,15,18,23H,6-10,12-14H2,1H3. The maximum absolute atomic E-state index is 6.04. The lowest BCUT2D eigenvalue weighted by atomic mass is 9.74. The Labute approximate surface area is 160 Å². The Balaban J connectivity index is 1.28. The molecule has 3 aliphatic rings. The van der Waals surface area contributed by atoms with Crippen LogP contribution in [-0.2, 0) is 16.7 Å². The van der Waals surface area contributed by atoms with Crippen molar-refractivity contribution in [3.8, 4) is 11.5 Å². The van der Waals surface area contributed by atoms with Gasteiger partial charge in [0.25, 0.3) is 0 Å². The quantitative estimate of drug-likeness (QED) is 0.835. The van der Waals surface area contributed by atoms with Crippen molar-refractivity contribution >= 4 is 0 Å². The zero-order valence-corrected chi connectivity index (χ0v) is 15.8. The van der Waals surface area contributed by atoms with Crippen molar-refractivity contribution in [1.29, 1.82) is 0 Å². The van der Waals surface area contributed by atoms with E-state index in [4.69, 9.17) is 18.6 Å². The van der Waals surface area contributed by atoms with Crippen LogP contribution < -0.4 is 14.8 Å². The minimum absolute atomic E-state index is 0.0552. The van der Waals surface area contributed by atoms with E-state index in [1.807, 2.05) is 6.07 Å². The molecule has 1 aliphatic carbocycles. The van der Waals surface area contributed by atoms with Gasteiger partial charge in [0, 0.05) is 31.1 Å². The van der Waals surface area contributed by atoms with Crippen LogP contribution in [0.2, 0.25) is 0 Å². The van der Waals surface area contributed by atoms with Gasteiger partial charge in [0.1, 0.15) is 11.5 Å². The molecule has 0 bridgehead atoms. The lowest BCUT2D eigenvalue weighted by molar-refractivity contribution is 0.0495. The third-order valence-electron chi connectivity index (χ3n) is 6.35. The molecule has 1 N–H and O–H groups in total. The normalized spacial score (nSPS) is 25.5. The maximum atomic E-state index is 6.04. The first kappa shape index (κ1) is 17.1. The summed E-state index contributed by atoms with van der Waals surface area (Å²) < 4.78 is 22.8. The van der Waals surface area contributed by atoms with Gasteiger partial charge < -0.3 is 23.9 Å². The fourth-order valence-electron chi connectivity index (χ4n) is 4.39. The molecule has 3 heterocycles. The summed E-state index contributed by atoms with van der Waals surface area (Å²) in [4.78, 5) is 0. The Hall–Kier alpha value is -1.98. The molecule has 0 radical (unpaired) electrons. The van der Waals surface area contributed by atoms with Crippen molar-refractivity contribution in [3.63, 3.8) is 0 Å². The molecule has 27 heavy (non-hydrogen) atoms. The third-order valence-corrected chi connectivity index (χ3v) is 6.35. The molecule has 5 rings (SSSR count). The van der Waals surface area contributed by atoms with Gasteiger partial charge in [0.2, 0.25) is 6.79 Å². The van der Waals surface area contributed by atoms with E-state index in [1.165, 1.54) is 12.0 Å². The average molecular weight is 369 g/mol. The second-order valence-electron chi connectivity index (χ2n) is 8.19. The van der Waals surface area contributed by atoms with Gasteiger partial charge in [-0.1, -0.05) is 13.0 Å². The molecule has 1 saturated carbocycles. The van der Waals surface area contributed by atoms with Gasteiger partial charge in [-0.25, -0.2) is 0 Å². The van der Waals surface area contributed by atoms with E-state index in [1.54, 1.807) is 0 Å². The average Bonchev–Trinajstić information content (AvgIpc) is 3.10. The van der Waals surface area contributed by atoms with Gasteiger partial charge in [-0.2, -0.15) is 0 Å². The molecule has 2 unspecified atom stereocenters. The van der Waals surface area contributed by atoms with Gasteiger partial charge in [-0.05, 0) is 55.0 Å². The summed E-state index contributed by atoms with van der Waals surface area (Å²) in [5, 5.41) is 3.64. The van der Waals surface area contributed by atoms with Crippen LogP contribution in [0.15, 0.2) is 34.7 Å². The molecule has 0 spiro atoms. The SMILES string of the molecule is CC1CC1c1ccc(CNCC2(c3ccc4c(c3)OCO4)CCOCC2)o1. The molecule has 5 nitrogen and oxygen atoms in total. The Bertz CT molecular complexity index is 808. The highest BCUT2D eigenvalue weighted by molar-refractivity contribution is 5.47. The summed E-state index contributed by atoms with van der Waals surface area (Å²) in [6.45, 7) is 5.83. The molecular formula is C22H27NO4. The van der Waals surface area contributed by atoms with Crippen molar-refractivity contribution in [2.75, 3.05) is 26.6 Å². The van der Waals surface area contributed by atoms with Crippen LogP contribution >= 0.6 is 0 Å². The van der Waals surface area contributed by atoms with Gasteiger partial charge in [0.15, 0.2) is 11.5 Å². The van der Waals surface area contributed by atoms with Crippen LogP contribution in [0.5, 0.6) is 11.5 Å². The van der Waals surface area contributed by atoms with E-state index in [2.05, 4.69) is 36.5 Å². The Morgan fingerprint density at radius 1 is 1.07 bits per heavy atom. The number of rotatable bonds is 6. The first-order chi connectivity index (χ1) is 13.2. The number of ether oxygens (including phenoxy) is 3. The van der Waals surface area contributed by atoms with E-state index >= 15 is 0 Å². The second kappa shape index (κ2) is 6.88. The van der Waals surface area contributed by atoms with Gasteiger partial charge >= 0.3 is 0 Å². The summed E-state index contributed by atoms with van der Waals surface area (Å²) in [5.74, 6) is 5.27. The van der Waals surface area contributed by atoms with Gasteiger partial charge in [0.05, 0.1) is 6.54 Å². The van der Waals surface area contributed by atoms with Crippen molar-refractivity contribution < 1.29 is 18.6 Å². The summed E-state index contributed by atoms with van der Waals surface area (Å²) in [7, 11) is 0. The number of furan rings is 1. The van der Waals surface area contributed by atoms with E-state index < -0.39 is 0 Å². The number of nitrogens with one attached hydrogen (secondary N) is 1. The topological polar surface area (TPSA) is 52.9 Å². The third kappa shape index (κ3) is 3.34. The second-order valence-corrected chi connectivity index (χ2v) is 8.19. The zero-order valence-electron chi connectivity index (χ0n) is 15.8. The van der Waals surface area contributed by atoms with E-state index in [0.29, 0.717) is 12.7 Å². The maximum Gasteiger partial charge on any atom is 0.231 e. The lowest BCUT2D eigenvalue weighted by Gasteiger charge is -2.38. The molecule has 2 atom stereocenters. The van der Waals surface area contributed by atoms with Crippen molar-refractivity contribution in [2.24, 2.45) is 5.92 Å². The van der Waals surface area contributed by atoms with Crippen molar-refractivity contribution in [1.82, 2.24) is 5.32 Å². The van der Waals surface area contributed by atoms with Crippen molar-refractivity contribution in [3.05, 3.63) is 47.4 Å². The molecule has 2 aliphatic heterocycles. The van der Waals surface area contributed by atoms with Crippen LogP contribution in [0.1, 0.15) is 49.2 Å². The lowest BCUT2D eigenvalue weighted by Crippen LogP contribution is -2.42. The molecule has 1 aromatic carbocycles. The fraction of sp³-hybridized carbons (Fsp3) is 0.545. The van der Waals surface area contributed by atoms with Crippen LogP contribution in [-0.4, -0.2) is 26.6 Å². The minimum atomic E-state index is 0.0552. The van der Waals surface area contributed by atoms with E-state index in [9.17, 15) is 0 Å². The molecule has 1 aromatic heterocycles. The number of hydrogen-bond donors (Lipinski definition) is 1. The summed E-state index contributed by atoms with van der Waals surface area (Å²) in [6, 6.07) is 10.6. The predicted molar refractivity (Wildman–Crippen MR) is 101 cm³/mol. The monoisotopic (exact) mass is 369 g/mol. The van der Waals surface area contributed by atoms with Crippen LogP contribution in [0, 0.1) is 5.92 Å². The van der Waals surface area contributed by atoms with Crippen LogP contribution in [0.25, 0.3) is 0 Å². The predicted octanol–water partition coefficient (Wildman–Crippen LogP) is 3.97. The van der Waals surface area contributed by atoms with E-state index in [0.717, 1.165) is 68.1 Å². The molecule has 144 valence electrons. The van der Waals surface area contributed by atoms with Gasteiger partial charge in [-0.3, -0.25) is 0 Å². The zero-order chi connectivity index (χ0) is 18.3. The molecule has 5 heteroatoms. The highest BCUT2D eigenvalue weighted by atomic mass is 16.7. The molecule has 1 saturated heterocycles. The van der Waals surface area contributed by atoms with E-state index in [-0.39, 0.29) is 5.41 Å². The largest absolute Gasteiger partial charge is 0.464 e. The minimum Gasteiger partial charge on any atom is -0.464 e. The summed E-state index contributed by atoms with van der Waals surface area (Å²) in [6.07, 6.45) is 3.26. The Kier molecular flexibility index (Phi) is 4.37. The Morgan fingerprint density at radius 3 is 2.70 bits per heavy atom. The fourth-order valence-corrected chi connectivity index (χ4v) is 4.39. The first-order valence-corrected chi connectivity index (χ1v) is 10.0. The van der Waals surface area contributed by atoms with Crippen LogP contribution in [0.4, 0.5) is 0 Å². The van der Waals surface area contributed by atoms with Crippen LogP contribution in [0.3, 0.4) is 0 Å². The van der Waals surface area contributed by atoms with Gasteiger partial charge in [-0.15, -0.1) is 0 Å². The number of fused-ring (bicyclic) bond motifs is 1. The smallest absolute Gasteiger partial charge is 0.231 e. The highest BCUT2D eigenvalue weighted by Crippen LogP contribution is 2.47. The summed E-state index contributed by atoms with van der Waals surface area (Å²) >= 11 is 0. The number of hydrogen-bond acceptors (Lipinski definition) is 5. The molecule has 2 fully saturated rings. The Morgan fingerprint density at radius 2 is 1.89 bits per heavy atom. The molecule has 2 aromatic rings. The molecule has 0 amide bonds. The first-order valence-electron chi connectivity index (χ1n) is 10.0. The van der Waals surface area contributed by atoms with Crippen molar-refractivity contribution in [2.45, 2.75) is 44.1 Å². The summed E-state index contributed by atoms with van der Waals surface area (Å²) in [5.41, 5.74) is 1.36. The highest BCUT2D eigenvalue weighted by Gasteiger charge is 2.37. The molecular weight excluding hydrogens is 342 g/mol.